The fourth-order valence-electron chi connectivity index (χ4n) is 8.28. The predicted octanol–water partition coefficient (Wildman–Crippen LogP) is 4.99. The van der Waals surface area contributed by atoms with Gasteiger partial charge in [0, 0.05) is 37.0 Å². The van der Waals surface area contributed by atoms with E-state index in [9.17, 15) is 5.11 Å². The van der Waals surface area contributed by atoms with E-state index in [4.69, 9.17) is 18.9 Å². The van der Waals surface area contributed by atoms with E-state index in [1.165, 1.54) is 12.8 Å². The first-order chi connectivity index (χ1) is 15.4. The molecule has 1 N–H and O–H groups in total. The van der Waals surface area contributed by atoms with Crippen LogP contribution in [0.1, 0.15) is 72.1 Å². The minimum atomic E-state index is -0.927. The van der Waals surface area contributed by atoms with Gasteiger partial charge in [-0.25, -0.2) is 0 Å². The zero-order valence-corrected chi connectivity index (χ0v) is 20.2. The van der Waals surface area contributed by atoms with E-state index >= 15 is 0 Å². The maximum Gasteiger partial charge on any atom is 0.182 e. The SMILES string of the molecule is C=C(C(OCC)OCC)[C@@]1(O)CC[C@H]2[C@@H]3CC=C4CC5(CC[C@@H]4[C@H]3CC[C@@]21C)OCCO5. The Morgan fingerprint density at radius 1 is 1.09 bits per heavy atom. The molecule has 3 saturated carbocycles. The third-order valence-electron chi connectivity index (χ3n) is 9.86. The van der Waals surface area contributed by atoms with E-state index in [0.29, 0.717) is 31.0 Å². The number of fused-ring (bicyclic) bond motifs is 5. The minimum Gasteiger partial charge on any atom is -0.385 e. The summed E-state index contributed by atoms with van der Waals surface area (Å²) >= 11 is 0. The molecule has 180 valence electrons. The summed E-state index contributed by atoms with van der Waals surface area (Å²) in [6.07, 6.45) is 10.3. The quantitative estimate of drug-likeness (QED) is 0.460. The van der Waals surface area contributed by atoms with E-state index in [1.54, 1.807) is 5.57 Å². The number of allylic oxidation sites excluding steroid dienone is 1. The number of rotatable bonds is 6. The number of hydrogen-bond acceptors (Lipinski definition) is 5. The van der Waals surface area contributed by atoms with E-state index < -0.39 is 11.9 Å². The Labute approximate surface area is 193 Å². The fraction of sp³-hybridized carbons (Fsp3) is 0.852. The molecule has 0 amide bonds. The zero-order valence-electron chi connectivity index (χ0n) is 20.2. The van der Waals surface area contributed by atoms with Crippen molar-refractivity contribution in [2.24, 2.45) is 29.1 Å². The second-order valence-electron chi connectivity index (χ2n) is 11.0. The molecule has 32 heavy (non-hydrogen) atoms. The first kappa shape index (κ1) is 23.0. The Balaban J connectivity index is 1.37. The molecule has 1 aliphatic heterocycles. The molecule has 1 spiro atoms. The van der Waals surface area contributed by atoms with Crippen LogP contribution in [-0.4, -0.2) is 49.2 Å². The molecule has 5 nitrogen and oxygen atoms in total. The molecule has 4 fully saturated rings. The summed E-state index contributed by atoms with van der Waals surface area (Å²) in [6.45, 7) is 13.2. The van der Waals surface area contributed by atoms with Crippen LogP contribution in [0.4, 0.5) is 0 Å². The van der Waals surface area contributed by atoms with Gasteiger partial charge in [0.2, 0.25) is 0 Å². The largest absolute Gasteiger partial charge is 0.385 e. The lowest BCUT2D eigenvalue weighted by Crippen LogP contribution is -2.55. The van der Waals surface area contributed by atoms with Crippen molar-refractivity contribution in [3.8, 4) is 0 Å². The lowest BCUT2D eigenvalue weighted by molar-refractivity contribution is -0.178. The molecule has 0 aromatic rings. The van der Waals surface area contributed by atoms with Crippen molar-refractivity contribution >= 4 is 0 Å². The van der Waals surface area contributed by atoms with Crippen LogP contribution in [0.25, 0.3) is 0 Å². The molecular weight excluding hydrogens is 404 g/mol. The van der Waals surface area contributed by atoms with Gasteiger partial charge in [-0.1, -0.05) is 25.2 Å². The van der Waals surface area contributed by atoms with Crippen molar-refractivity contribution in [2.75, 3.05) is 26.4 Å². The summed E-state index contributed by atoms with van der Waals surface area (Å²) in [5.74, 6) is 2.20. The van der Waals surface area contributed by atoms with Crippen molar-refractivity contribution in [3.05, 3.63) is 23.8 Å². The summed E-state index contributed by atoms with van der Waals surface area (Å²) in [5, 5.41) is 12.1. The van der Waals surface area contributed by atoms with Gasteiger partial charge in [-0.05, 0) is 76.0 Å². The highest BCUT2D eigenvalue weighted by molar-refractivity contribution is 5.29. The van der Waals surface area contributed by atoms with Crippen LogP contribution in [0.3, 0.4) is 0 Å². The van der Waals surface area contributed by atoms with Crippen molar-refractivity contribution in [1.82, 2.24) is 0 Å². The summed E-state index contributed by atoms with van der Waals surface area (Å²) in [6, 6.07) is 0. The normalized spacial score (nSPS) is 42.5. The highest BCUT2D eigenvalue weighted by atomic mass is 16.7. The molecule has 0 bridgehead atoms. The molecule has 1 saturated heterocycles. The Kier molecular flexibility index (Phi) is 6.12. The highest BCUT2D eigenvalue weighted by Gasteiger charge is 2.64. The van der Waals surface area contributed by atoms with Gasteiger partial charge < -0.3 is 24.1 Å². The molecule has 4 aliphatic carbocycles. The smallest absolute Gasteiger partial charge is 0.182 e. The number of aliphatic hydroxyl groups is 1. The molecule has 1 heterocycles. The summed E-state index contributed by atoms with van der Waals surface area (Å²) in [4.78, 5) is 0. The summed E-state index contributed by atoms with van der Waals surface area (Å²) in [7, 11) is 0. The lowest BCUT2D eigenvalue weighted by Gasteiger charge is -2.56. The Morgan fingerprint density at radius 2 is 1.81 bits per heavy atom. The average molecular weight is 447 g/mol. The van der Waals surface area contributed by atoms with Gasteiger partial charge in [-0.3, -0.25) is 0 Å². The van der Waals surface area contributed by atoms with Gasteiger partial charge in [0.1, 0.15) is 0 Å². The first-order valence-electron chi connectivity index (χ1n) is 13.0. The van der Waals surface area contributed by atoms with Gasteiger partial charge in [0.25, 0.3) is 0 Å². The van der Waals surface area contributed by atoms with E-state index in [2.05, 4.69) is 19.6 Å². The van der Waals surface area contributed by atoms with Crippen molar-refractivity contribution in [2.45, 2.75) is 89.8 Å². The molecule has 6 atom stereocenters. The minimum absolute atomic E-state index is 0.170. The van der Waals surface area contributed by atoms with Gasteiger partial charge >= 0.3 is 0 Å². The Bertz CT molecular complexity index is 749. The highest BCUT2D eigenvalue weighted by Crippen LogP contribution is 2.66. The maximum atomic E-state index is 12.1. The van der Waals surface area contributed by atoms with Gasteiger partial charge in [0.15, 0.2) is 12.1 Å². The van der Waals surface area contributed by atoms with Crippen LogP contribution >= 0.6 is 0 Å². The number of hydrogen-bond donors (Lipinski definition) is 1. The zero-order chi connectivity index (χ0) is 22.6. The topological polar surface area (TPSA) is 57.2 Å². The van der Waals surface area contributed by atoms with Crippen LogP contribution in [0.15, 0.2) is 23.8 Å². The molecule has 0 aromatic heterocycles. The summed E-state index contributed by atoms with van der Waals surface area (Å²) < 4.78 is 23.8. The van der Waals surface area contributed by atoms with Crippen molar-refractivity contribution < 1.29 is 24.1 Å². The van der Waals surface area contributed by atoms with Crippen LogP contribution in [0, 0.1) is 29.1 Å². The maximum absolute atomic E-state index is 12.1. The molecule has 0 aromatic carbocycles. The Hall–Kier alpha value is -0.720. The second-order valence-corrected chi connectivity index (χ2v) is 11.0. The molecule has 5 heteroatoms. The third-order valence-corrected chi connectivity index (χ3v) is 9.86. The van der Waals surface area contributed by atoms with E-state index in [1.807, 2.05) is 13.8 Å². The number of ether oxygens (including phenoxy) is 4. The lowest BCUT2D eigenvalue weighted by atomic mass is 9.50. The van der Waals surface area contributed by atoms with Crippen LogP contribution in [0.5, 0.6) is 0 Å². The van der Waals surface area contributed by atoms with Crippen molar-refractivity contribution in [3.63, 3.8) is 0 Å². The van der Waals surface area contributed by atoms with Crippen LogP contribution in [-0.2, 0) is 18.9 Å². The van der Waals surface area contributed by atoms with Gasteiger partial charge in [-0.15, -0.1) is 0 Å². The predicted molar refractivity (Wildman–Crippen MR) is 123 cm³/mol. The van der Waals surface area contributed by atoms with Crippen LogP contribution in [0.2, 0.25) is 0 Å². The van der Waals surface area contributed by atoms with Gasteiger partial charge in [-0.2, -0.15) is 0 Å². The van der Waals surface area contributed by atoms with Crippen LogP contribution < -0.4 is 0 Å². The first-order valence-corrected chi connectivity index (χ1v) is 13.0. The monoisotopic (exact) mass is 446 g/mol. The molecule has 5 aliphatic rings. The van der Waals surface area contributed by atoms with Crippen molar-refractivity contribution in [1.29, 1.82) is 0 Å². The fourth-order valence-corrected chi connectivity index (χ4v) is 8.28. The van der Waals surface area contributed by atoms with Gasteiger partial charge in [0.05, 0.1) is 18.8 Å². The Morgan fingerprint density at radius 3 is 2.50 bits per heavy atom. The molecular formula is C27H42O5. The van der Waals surface area contributed by atoms with E-state index in [0.717, 1.165) is 63.2 Å². The molecule has 0 unspecified atom stereocenters. The molecule has 5 rings (SSSR count). The van der Waals surface area contributed by atoms with E-state index in [-0.39, 0.29) is 11.2 Å². The standard InChI is InChI=1S/C27H42O5/c1-5-29-24(30-6-2)18(3)27(28)14-11-23-22-8-7-19-17-26(31-15-16-32-26)13-10-20(19)21(22)9-12-25(23,27)4/h7,20-24,28H,3,5-6,8-17H2,1-2,4H3/t20-,21+,22+,23-,25-,27-/m0/s1. The molecule has 0 radical (unpaired) electrons. The second kappa shape index (κ2) is 8.49. The third kappa shape index (κ3) is 3.38. The summed E-state index contributed by atoms with van der Waals surface area (Å²) in [5.41, 5.74) is 1.21. The average Bonchev–Trinajstić information content (AvgIpc) is 3.35.